The summed E-state index contributed by atoms with van der Waals surface area (Å²) in [6.07, 6.45) is 0.904. The van der Waals surface area contributed by atoms with Gasteiger partial charge in [0.1, 0.15) is 42.2 Å². The number of imidazole rings is 1. The first-order valence-corrected chi connectivity index (χ1v) is 8.21. The van der Waals surface area contributed by atoms with E-state index in [0.29, 0.717) is 11.2 Å². The molecule has 3 unspecified atom stereocenters. The normalized spacial score (nSPS) is 26.2. The van der Waals surface area contributed by atoms with E-state index >= 15 is 0 Å². The molecule has 9 N–H and O–H groups in total. The minimum absolute atomic E-state index is 0.0766. The predicted octanol–water partition coefficient (Wildman–Crippen LogP) is -1.94. The number of ether oxygens (including phenoxy) is 1. The molecular weight excluding hydrogens is 358 g/mol. The van der Waals surface area contributed by atoms with Crippen molar-refractivity contribution in [1.29, 1.82) is 0 Å². The lowest BCUT2D eigenvalue weighted by Gasteiger charge is -2.16. The molecular formula is C15H21N7O5. The summed E-state index contributed by atoms with van der Waals surface area (Å²) in [5.41, 5.74) is 17.8. The van der Waals surface area contributed by atoms with Crippen LogP contribution in [-0.2, 0) is 9.53 Å². The van der Waals surface area contributed by atoms with Gasteiger partial charge in [-0.25, -0.2) is 15.0 Å². The number of aliphatic hydroxyl groups is 2. The predicted molar refractivity (Wildman–Crippen MR) is 92.8 cm³/mol. The molecule has 27 heavy (non-hydrogen) atoms. The number of rotatable bonds is 6. The maximum absolute atomic E-state index is 10.7. The number of aliphatic carboxylic acids is 1. The molecule has 0 aliphatic carbocycles. The average Bonchev–Trinajstić information content (AvgIpc) is 3.17. The van der Waals surface area contributed by atoms with Gasteiger partial charge in [-0.1, -0.05) is 0 Å². The van der Waals surface area contributed by atoms with Gasteiger partial charge in [-0.2, -0.15) is 0 Å². The van der Waals surface area contributed by atoms with Crippen molar-refractivity contribution in [3.8, 4) is 0 Å². The first-order valence-electron chi connectivity index (χ1n) is 8.21. The smallest absolute Gasteiger partial charge is 0.320 e. The molecule has 0 saturated carbocycles. The molecule has 12 heteroatoms. The molecule has 0 radical (unpaired) electrons. The minimum atomic E-state index is -1.31. The van der Waals surface area contributed by atoms with Crippen molar-refractivity contribution in [2.24, 2.45) is 11.5 Å². The fraction of sp³-hybridized carbons (Fsp3) is 0.467. The zero-order valence-corrected chi connectivity index (χ0v) is 14.2. The number of hydrogen-bond acceptors (Lipinski definition) is 10. The highest BCUT2D eigenvalue weighted by molar-refractivity contribution is 5.81. The van der Waals surface area contributed by atoms with Gasteiger partial charge in [0.25, 0.3) is 0 Å². The summed E-state index contributed by atoms with van der Waals surface area (Å²) in [6, 6.07) is -1.63. The van der Waals surface area contributed by atoms with Crippen molar-refractivity contribution in [3.63, 3.8) is 0 Å². The van der Waals surface area contributed by atoms with Crippen molar-refractivity contribution in [2.75, 3.05) is 5.73 Å². The number of hydrogen-bond donors (Lipinski definition) is 6. The number of carboxylic acids is 1. The molecule has 2 aromatic heterocycles. The number of fused-ring (bicyclic) bond motifs is 1. The van der Waals surface area contributed by atoms with E-state index in [1.807, 2.05) is 0 Å². The van der Waals surface area contributed by atoms with Gasteiger partial charge in [0.2, 0.25) is 6.23 Å². The Kier molecular flexibility index (Phi) is 5.23. The molecule has 1 aliphatic rings. The summed E-state index contributed by atoms with van der Waals surface area (Å²) in [5, 5.41) is 29.4. The highest BCUT2D eigenvalue weighted by Crippen LogP contribution is 2.34. The Labute approximate surface area is 153 Å². The zero-order valence-electron chi connectivity index (χ0n) is 14.2. The van der Waals surface area contributed by atoms with Crippen molar-refractivity contribution >= 4 is 23.0 Å². The molecule has 1 aliphatic heterocycles. The molecule has 2 aromatic rings. The number of carboxylic acid groups (broad SMARTS) is 1. The minimum Gasteiger partial charge on any atom is -0.480 e. The van der Waals surface area contributed by atoms with E-state index in [2.05, 4.69) is 15.0 Å². The van der Waals surface area contributed by atoms with Gasteiger partial charge in [-0.3, -0.25) is 9.36 Å². The molecule has 0 spiro atoms. The van der Waals surface area contributed by atoms with Crippen molar-refractivity contribution in [3.05, 3.63) is 24.5 Å². The van der Waals surface area contributed by atoms with Crippen molar-refractivity contribution in [1.82, 2.24) is 19.5 Å². The highest BCUT2D eigenvalue weighted by atomic mass is 16.5. The van der Waals surface area contributed by atoms with Crippen LogP contribution in [0.4, 0.5) is 5.82 Å². The van der Waals surface area contributed by atoms with Gasteiger partial charge in [-0.05, 0) is 18.9 Å². The Morgan fingerprint density at radius 1 is 1.30 bits per heavy atom. The Bertz CT molecular complexity index is 869. The molecule has 146 valence electrons. The summed E-state index contributed by atoms with van der Waals surface area (Å²) in [4.78, 5) is 22.8. The van der Waals surface area contributed by atoms with E-state index < -0.39 is 36.5 Å². The number of aromatic nitrogens is 4. The highest BCUT2D eigenvalue weighted by Gasteiger charge is 2.41. The monoisotopic (exact) mass is 379 g/mol. The van der Waals surface area contributed by atoms with Gasteiger partial charge >= 0.3 is 5.97 Å². The fourth-order valence-electron chi connectivity index (χ4n) is 2.81. The third-order valence-electron chi connectivity index (χ3n) is 4.33. The lowest BCUT2D eigenvalue weighted by molar-refractivity contribution is -0.138. The summed E-state index contributed by atoms with van der Waals surface area (Å²) in [7, 11) is 0. The SMILES string of the molecule is Nc1ncnc2c1ncn2C1O/C(=C/[C@@H](N)CC[C@H](N)C(=O)O)C(O)C1O. The van der Waals surface area contributed by atoms with Gasteiger partial charge in [0, 0.05) is 6.04 Å². The number of nitrogens with zero attached hydrogens (tertiary/aromatic N) is 4. The molecule has 12 nitrogen and oxygen atoms in total. The molecule has 3 heterocycles. The van der Waals surface area contributed by atoms with Gasteiger partial charge in [0.15, 0.2) is 11.5 Å². The standard InChI is InChI=1S/C15H21N7O5/c16-6(1-2-7(17)15(25)26)3-8-10(23)11(24)14(27-8)22-5-21-9-12(18)19-4-20-13(9)22/h3-7,10-11,14,23-24H,1-2,16-17H2,(H,25,26)(H2,18,19,20)/b8-3+/t6-,7-,10?,11?,14?/m0/s1. The van der Waals surface area contributed by atoms with Crippen LogP contribution in [0.2, 0.25) is 0 Å². The maximum Gasteiger partial charge on any atom is 0.320 e. The summed E-state index contributed by atoms with van der Waals surface area (Å²) in [5.74, 6) is -0.858. The van der Waals surface area contributed by atoms with Crippen molar-refractivity contribution < 1.29 is 24.9 Å². The molecule has 1 saturated heterocycles. The summed E-state index contributed by atoms with van der Waals surface area (Å²) >= 11 is 0. The Hall–Kier alpha value is -2.80. The van der Waals surface area contributed by atoms with Gasteiger partial charge < -0.3 is 37.3 Å². The van der Waals surface area contributed by atoms with E-state index in [1.165, 1.54) is 23.3 Å². The topological polar surface area (TPSA) is 209 Å². The van der Waals surface area contributed by atoms with Crippen LogP contribution in [0.25, 0.3) is 11.2 Å². The molecule has 5 atom stereocenters. The fourth-order valence-corrected chi connectivity index (χ4v) is 2.81. The Morgan fingerprint density at radius 2 is 2.04 bits per heavy atom. The lowest BCUT2D eigenvalue weighted by Crippen LogP contribution is -2.32. The number of anilines is 1. The van der Waals surface area contributed by atoms with Crippen LogP contribution in [0.3, 0.4) is 0 Å². The number of carbonyl (C=O) groups is 1. The van der Waals surface area contributed by atoms with E-state index in [1.54, 1.807) is 0 Å². The third kappa shape index (κ3) is 3.68. The molecule has 0 aromatic carbocycles. The molecule has 1 fully saturated rings. The van der Waals surface area contributed by atoms with E-state index in [4.69, 9.17) is 27.0 Å². The van der Waals surface area contributed by atoms with Gasteiger partial charge in [0.05, 0.1) is 0 Å². The van der Waals surface area contributed by atoms with E-state index in [0.717, 1.165) is 0 Å². The Balaban J connectivity index is 1.77. The van der Waals surface area contributed by atoms with Crippen LogP contribution < -0.4 is 17.2 Å². The lowest BCUT2D eigenvalue weighted by atomic mass is 10.1. The Morgan fingerprint density at radius 3 is 2.74 bits per heavy atom. The van der Waals surface area contributed by atoms with Crippen LogP contribution in [-0.4, -0.2) is 65.1 Å². The number of aliphatic hydroxyl groups excluding tert-OH is 2. The molecule has 3 rings (SSSR count). The average molecular weight is 379 g/mol. The zero-order chi connectivity index (χ0) is 19.7. The number of nitrogens with two attached hydrogens (primary N) is 3. The first-order chi connectivity index (χ1) is 12.8. The van der Waals surface area contributed by atoms with Gasteiger partial charge in [-0.15, -0.1) is 0 Å². The van der Waals surface area contributed by atoms with Crippen LogP contribution in [0.1, 0.15) is 19.1 Å². The van der Waals surface area contributed by atoms with E-state index in [9.17, 15) is 15.0 Å². The quantitative estimate of drug-likeness (QED) is 0.325. The second-order valence-electron chi connectivity index (χ2n) is 6.28. The largest absolute Gasteiger partial charge is 0.480 e. The van der Waals surface area contributed by atoms with Crippen LogP contribution in [0.5, 0.6) is 0 Å². The third-order valence-corrected chi connectivity index (χ3v) is 4.33. The summed E-state index contributed by atoms with van der Waals surface area (Å²) < 4.78 is 7.10. The number of nitrogen functional groups attached to an aromatic ring is 1. The van der Waals surface area contributed by atoms with E-state index in [-0.39, 0.29) is 24.4 Å². The van der Waals surface area contributed by atoms with Crippen LogP contribution in [0.15, 0.2) is 24.5 Å². The molecule has 0 amide bonds. The summed E-state index contributed by atoms with van der Waals surface area (Å²) in [6.45, 7) is 0. The van der Waals surface area contributed by atoms with Crippen LogP contribution >= 0.6 is 0 Å². The first kappa shape index (κ1) is 19.0. The molecule has 0 bridgehead atoms. The maximum atomic E-state index is 10.7. The second kappa shape index (κ2) is 7.44. The second-order valence-corrected chi connectivity index (χ2v) is 6.28. The van der Waals surface area contributed by atoms with Crippen molar-refractivity contribution in [2.45, 2.75) is 43.4 Å². The van der Waals surface area contributed by atoms with Crippen LogP contribution in [0, 0.1) is 0 Å².